The molecule has 1 fully saturated rings. The molecule has 1 aliphatic heterocycles. The summed E-state index contributed by atoms with van der Waals surface area (Å²) in [4.78, 5) is 5.77. The minimum atomic E-state index is 0.809. The van der Waals surface area contributed by atoms with Gasteiger partial charge in [0.15, 0.2) is 4.34 Å². The molecule has 1 aliphatic rings. The number of nitrogens with two attached hydrogens (primary N) is 1. The molecule has 0 amide bonds. The van der Waals surface area contributed by atoms with E-state index in [1.54, 1.807) is 23.3 Å². The molecule has 1 aromatic carbocycles. The molecule has 2 aromatic rings. The van der Waals surface area contributed by atoms with Crippen LogP contribution < -0.4 is 5.14 Å². The van der Waals surface area contributed by atoms with Crippen LogP contribution in [-0.4, -0.2) is 35.6 Å². The van der Waals surface area contributed by atoms with E-state index in [-0.39, 0.29) is 0 Å². The van der Waals surface area contributed by atoms with E-state index in [1.807, 2.05) is 0 Å². The van der Waals surface area contributed by atoms with E-state index in [0.717, 1.165) is 36.2 Å². The number of nitrogens with zero attached hydrogens (tertiary/aromatic N) is 2. The fourth-order valence-electron chi connectivity index (χ4n) is 1.80. The lowest BCUT2D eigenvalue weighted by molar-refractivity contribution is 0.0773. The summed E-state index contributed by atoms with van der Waals surface area (Å²) in [6.07, 6.45) is 0. The summed E-state index contributed by atoms with van der Waals surface area (Å²) >= 11 is 4.62. The summed E-state index contributed by atoms with van der Waals surface area (Å²) in [5.41, 5.74) is 1.06. The fourth-order valence-corrected chi connectivity index (χ4v) is 4.19. The first-order chi connectivity index (χ1) is 8.86. The Kier molecular flexibility index (Phi) is 4.07. The highest BCUT2D eigenvalue weighted by atomic mass is 32.2. The number of rotatable bonds is 3. The highest BCUT2D eigenvalue weighted by Gasteiger charge is 2.15. The van der Waals surface area contributed by atoms with Crippen molar-refractivity contribution in [3.8, 4) is 0 Å². The largest absolute Gasteiger partial charge is 0.379 e. The first-order valence-corrected chi connectivity index (χ1v) is 8.11. The molecule has 0 atom stereocenters. The average Bonchev–Trinajstić information content (AvgIpc) is 2.84. The van der Waals surface area contributed by atoms with Crippen LogP contribution in [0.15, 0.2) is 27.4 Å². The number of hydrogen-bond donors (Lipinski definition) is 1. The zero-order chi connectivity index (χ0) is 12.4. The van der Waals surface area contributed by atoms with Gasteiger partial charge >= 0.3 is 0 Å². The lowest BCUT2D eigenvalue weighted by Gasteiger charge is -2.25. The van der Waals surface area contributed by atoms with Crippen molar-refractivity contribution in [1.29, 1.82) is 0 Å². The van der Waals surface area contributed by atoms with Crippen LogP contribution >= 0.6 is 35.2 Å². The Morgan fingerprint density at radius 1 is 1.33 bits per heavy atom. The van der Waals surface area contributed by atoms with E-state index in [0.29, 0.717) is 0 Å². The van der Waals surface area contributed by atoms with Gasteiger partial charge in [0, 0.05) is 13.1 Å². The van der Waals surface area contributed by atoms with Gasteiger partial charge in [-0.05, 0) is 36.0 Å². The summed E-state index contributed by atoms with van der Waals surface area (Å²) in [5.74, 6) is 0. The number of fused-ring (bicyclic) bond motifs is 1. The molecular formula is C11H13N3OS3. The number of ether oxygens (including phenoxy) is 1. The molecule has 1 saturated heterocycles. The van der Waals surface area contributed by atoms with Crippen molar-refractivity contribution in [3.63, 3.8) is 0 Å². The van der Waals surface area contributed by atoms with Gasteiger partial charge in [-0.2, -0.15) is 0 Å². The number of para-hydroxylation sites is 1. The van der Waals surface area contributed by atoms with E-state index in [9.17, 15) is 0 Å². The van der Waals surface area contributed by atoms with Crippen molar-refractivity contribution in [2.24, 2.45) is 5.14 Å². The van der Waals surface area contributed by atoms with Crippen LogP contribution in [0, 0.1) is 0 Å². The second kappa shape index (κ2) is 5.77. The average molecular weight is 299 g/mol. The van der Waals surface area contributed by atoms with Crippen molar-refractivity contribution < 1.29 is 4.74 Å². The van der Waals surface area contributed by atoms with E-state index in [4.69, 9.17) is 9.88 Å². The number of hydrogen-bond acceptors (Lipinski definition) is 7. The molecule has 3 rings (SSSR count). The number of benzene rings is 1. The molecule has 0 saturated carbocycles. The van der Waals surface area contributed by atoms with Crippen LogP contribution in [0.3, 0.4) is 0 Å². The molecule has 4 nitrogen and oxygen atoms in total. The zero-order valence-corrected chi connectivity index (χ0v) is 12.1. The second-order valence-corrected chi connectivity index (χ2v) is 6.88. The maximum atomic E-state index is 5.58. The van der Waals surface area contributed by atoms with Gasteiger partial charge in [0.2, 0.25) is 0 Å². The Morgan fingerprint density at radius 3 is 2.94 bits per heavy atom. The molecule has 0 bridgehead atoms. The van der Waals surface area contributed by atoms with Crippen molar-refractivity contribution in [2.45, 2.75) is 9.24 Å². The Hall–Kier alpha value is -0.310. The SMILES string of the molecule is NSc1nc2c(SN3CCOCC3)cccc2s1. The van der Waals surface area contributed by atoms with Crippen LogP contribution in [0.5, 0.6) is 0 Å². The smallest absolute Gasteiger partial charge is 0.165 e. The molecule has 2 N–H and O–H groups in total. The molecule has 7 heteroatoms. The van der Waals surface area contributed by atoms with Crippen LogP contribution in [0.25, 0.3) is 10.2 Å². The highest BCUT2D eigenvalue weighted by Crippen LogP contribution is 2.35. The van der Waals surface area contributed by atoms with Crippen molar-refractivity contribution >= 4 is 45.4 Å². The molecule has 1 aromatic heterocycles. The monoisotopic (exact) mass is 299 g/mol. The predicted molar refractivity (Wildman–Crippen MR) is 77.9 cm³/mol. The van der Waals surface area contributed by atoms with Gasteiger partial charge in [-0.3, -0.25) is 5.14 Å². The molecule has 0 spiro atoms. The summed E-state index contributed by atoms with van der Waals surface area (Å²) in [6.45, 7) is 3.54. The molecule has 2 heterocycles. The lowest BCUT2D eigenvalue weighted by atomic mass is 10.3. The van der Waals surface area contributed by atoms with Crippen LogP contribution in [-0.2, 0) is 4.74 Å². The van der Waals surface area contributed by atoms with E-state index in [1.165, 1.54) is 21.5 Å². The van der Waals surface area contributed by atoms with Crippen LogP contribution in [0.1, 0.15) is 0 Å². The second-order valence-electron chi connectivity index (χ2n) is 3.83. The highest BCUT2D eigenvalue weighted by molar-refractivity contribution is 7.99. The minimum absolute atomic E-state index is 0.809. The molecule has 0 aliphatic carbocycles. The van der Waals surface area contributed by atoms with Gasteiger partial charge < -0.3 is 4.74 Å². The first kappa shape index (κ1) is 12.7. The van der Waals surface area contributed by atoms with Crippen molar-refractivity contribution in [3.05, 3.63) is 18.2 Å². The first-order valence-electron chi connectivity index (χ1n) is 5.64. The van der Waals surface area contributed by atoms with Gasteiger partial charge in [0.1, 0.15) is 0 Å². The topological polar surface area (TPSA) is 51.4 Å². The fraction of sp³-hybridized carbons (Fsp3) is 0.364. The number of aromatic nitrogens is 1. The van der Waals surface area contributed by atoms with E-state index >= 15 is 0 Å². The van der Waals surface area contributed by atoms with Gasteiger partial charge in [-0.1, -0.05) is 6.07 Å². The predicted octanol–water partition coefficient (Wildman–Crippen LogP) is 2.60. The Morgan fingerprint density at radius 2 is 2.17 bits per heavy atom. The van der Waals surface area contributed by atoms with E-state index in [2.05, 4.69) is 27.5 Å². The van der Waals surface area contributed by atoms with Gasteiger partial charge in [-0.25, -0.2) is 9.29 Å². The zero-order valence-electron chi connectivity index (χ0n) is 9.67. The van der Waals surface area contributed by atoms with E-state index < -0.39 is 0 Å². The third kappa shape index (κ3) is 2.66. The molecule has 96 valence electrons. The number of thiazole rings is 1. The normalized spacial score (nSPS) is 17.4. The lowest BCUT2D eigenvalue weighted by Crippen LogP contribution is -2.30. The molecule has 0 unspecified atom stereocenters. The quantitative estimate of drug-likeness (QED) is 0.879. The van der Waals surface area contributed by atoms with Crippen LogP contribution in [0.4, 0.5) is 0 Å². The molecule has 18 heavy (non-hydrogen) atoms. The third-order valence-corrected chi connectivity index (χ3v) is 5.46. The van der Waals surface area contributed by atoms with Crippen molar-refractivity contribution in [2.75, 3.05) is 26.3 Å². The minimum Gasteiger partial charge on any atom is -0.379 e. The third-order valence-electron chi connectivity index (χ3n) is 2.66. The Bertz CT molecular complexity index is 539. The van der Waals surface area contributed by atoms with Gasteiger partial charge in [0.05, 0.1) is 28.3 Å². The van der Waals surface area contributed by atoms with Crippen molar-refractivity contribution in [1.82, 2.24) is 9.29 Å². The summed E-state index contributed by atoms with van der Waals surface area (Å²) < 4.78 is 9.80. The summed E-state index contributed by atoms with van der Waals surface area (Å²) in [6, 6.07) is 6.29. The summed E-state index contributed by atoms with van der Waals surface area (Å²) in [5, 5.41) is 5.58. The van der Waals surface area contributed by atoms with Gasteiger partial charge in [-0.15, -0.1) is 11.3 Å². The standard InChI is InChI=1S/C11H13N3OS3/c12-17-11-13-10-8(16-11)2-1-3-9(10)18-14-4-6-15-7-5-14/h1-3H,4-7,12H2. The molecule has 0 radical (unpaired) electrons. The Labute approximate surface area is 118 Å². The maximum Gasteiger partial charge on any atom is 0.165 e. The summed E-state index contributed by atoms with van der Waals surface area (Å²) in [7, 11) is 0. The van der Waals surface area contributed by atoms with Crippen LogP contribution in [0.2, 0.25) is 0 Å². The molecular weight excluding hydrogens is 286 g/mol. The maximum absolute atomic E-state index is 5.58. The Balaban J connectivity index is 1.88. The van der Waals surface area contributed by atoms with Gasteiger partial charge in [0.25, 0.3) is 0 Å². The number of morpholine rings is 1.